The summed E-state index contributed by atoms with van der Waals surface area (Å²) in [6.45, 7) is 7.41. The Kier molecular flexibility index (Phi) is 30.9. The molecule has 0 rings (SSSR count). The van der Waals surface area contributed by atoms with E-state index in [9.17, 15) is 4.79 Å². The molecule has 0 aromatic heterocycles. The van der Waals surface area contributed by atoms with E-state index >= 15 is 0 Å². The largest absolute Gasteiger partial charge is 0.400 e. The lowest BCUT2D eigenvalue weighted by Gasteiger charge is -2.01. The highest BCUT2D eigenvalue weighted by atomic mass is 16.2. The standard InChI is InChI=1S/C8H18N2O.C2H6.CH4O/c1-2-8(11)10-7-5-3-4-6-9;2*1-2/h2-7,9H2,1H3,(H,10,11);1-2H3;2H,1H3. The van der Waals surface area contributed by atoms with Crippen molar-refractivity contribution in [1.29, 1.82) is 0 Å². The summed E-state index contributed by atoms with van der Waals surface area (Å²) in [7, 11) is 1.00. The zero-order valence-electron chi connectivity index (χ0n) is 10.7. The summed E-state index contributed by atoms with van der Waals surface area (Å²) >= 11 is 0. The molecule has 1 amide bonds. The highest BCUT2D eigenvalue weighted by molar-refractivity contribution is 5.75. The number of nitrogens with two attached hydrogens (primary N) is 1. The molecule has 0 spiro atoms. The molecule has 0 aliphatic heterocycles. The Bertz CT molecular complexity index is 109. The lowest BCUT2D eigenvalue weighted by molar-refractivity contribution is -0.120. The number of amides is 1. The summed E-state index contributed by atoms with van der Waals surface area (Å²) in [5.41, 5.74) is 5.31. The number of hydrogen-bond acceptors (Lipinski definition) is 3. The Morgan fingerprint density at radius 2 is 1.73 bits per heavy atom. The van der Waals surface area contributed by atoms with Crippen LogP contribution in [0.4, 0.5) is 0 Å². The topological polar surface area (TPSA) is 75.4 Å². The van der Waals surface area contributed by atoms with Crippen molar-refractivity contribution in [3.63, 3.8) is 0 Å². The van der Waals surface area contributed by atoms with Crippen LogP contribution >= 0.6 is 0 Å². The summed E-state index contributed by atoms with van der Waals surface area (Å²) in [6, 6.07) is 0. The number of carbonyl (C=O) groups is 1. The number of rotatable bonds is 6. The van der Waals surface area contributed by atoms with E-state index in [4.69, 9.17) is 10.8 Å². The van der Waals surface area contributed by atoms with Crippen LogP contribution < -0.4 is 11.1 Å². The van der Waals surface area contributed by atoms with Gasteiger partial charge in [0.05, 0.1) is 0 Å². The van der Waals surface area contributed by atoms with Gasteiger partial charge in [0, 0.05) is 20.1 Å². The fourth-order valence-electron chi connectivity index (χ4n) is 0.799. The van der Waals surface area contributed by atoms with Gasteiger partial charge in [-0.2, -0.15) is 0 Å². The molecule has 0 fully saturated rings. The maximum atomic E-state index is 10.7. The first kappa shape index (κ1) is 19.9. The van der Waals surface area contributed by atoms with Gasteiger partial charge in [0.1, 0.15) is 0 Å². The van der Waals surface area contributed by atoms with Gasteiger partial charge in [-0.05, 0) is 19.4 Å². The molecule has 0 aromatic carbocycles. The third kappa shape index (κ3) is 24.7. The maximum Gasteiger partial charge on any atom is 0.219 e. The molecule has 0 saturated heterocycles. The summed E-state index contributed by atoms with van der Waals surface area (Å²) in [6.07, 6.45) is 3.79. The molecule has 4 N–H and O–H groups in total. The number of carbonyl (C=O) groups excluding carboxylic acids is 1. The number of hydrogen-bond donors (Lipinski definition) is 3. The smallest absolute Gasteiger partial charge is 0.219 e. The van der Waals surface area contributed by atoms with Crippen molar-refractivity contribution in [1.82, 2.24) is 5.32 Å². The van der Waals surface area contributed by atoms with Crippen LogP contribution in [-0.2, 0) is 4.79 Å². The molecule has 0 bridgehead atoms. The van der Waals surface area contributed by atoms with Gasteiger partial charge in [-0.25, -0.2) is 0 Å². The minimum atomic E-state index is 0.137. The van der Waals surface area contributed by atoms with Gasteiger partial charge in [0.2, 0.25) is 5.91 Å². The SMILES string of the molecule is CC.CCC(=O)NCCCCCN.CO. The number of unbranched alkanes of at least 4 members (excludes halogenated alkanes) is 2. The lowest BCUT2D eigenvalue weighted by atomic mass is 10.2. The Balaban J connectivity index is -0.000000318. The average molecular weight is 220 g/mol. The Labute approximate surface area is 94.2 Å². The normalized spacial score (nSPS) is 7.87. The molecule has 94 valence electrons. The van der Waals surface area contributed by atoms with Gasteiger partial charge < -0.3 is 16.2 Å². The van der Waals surface area contributed by atoms with Crippen LogP contribution in [0.1, 0.15) is 46.5 Å². The van der Waals surface area contributed by atoms with Gasteiger partial charge in [0.15, 0.2) is 0 Å². The van der Waals surface area contributed by atoms with Crippen molar-refractivity contribution >= 4 is 5.91 Å². The predicted octanol–water partition coefficient (Wildman–Crippen LogP) is 1.28. The third-order valence-electron chi connectivity index (χ3n) is 1.52. The first-order chi connectivity index (χ1) is 7.31. The molecule has 0 radical (unpaired) electrons. The molecular formula is C11H28N2O2. The second kappa shape index (κ2) is 23.3. The van der Waals surface area contributed by atoms with Crippen molar-refractivity contribution in [3.05, 3.63) is 0 Å². The molecule has 0 atom stereocenters. The van der Waals surface area contributed by atoms with Gasteiger partial charge in [-0.1, -0.05) is 27.2 Å². The van der Waals surface area contributed by atoms with Crippen molar-refractivity contribution < 1.29 is 9.90 Å². The Hall–Kier alpha value is -0.610. The molecule has 0 unspecified atom stereocenters. The number of aliphatic hydroxyl groups is 1. The minimum Gasteiger partial charge on any atom is -0.400 e. The summed E-state index contributed by atoms with van der Waals surface area (Å²) in [4.78, 5) is 10.7. The molecule has 4 heteroatoms. The quantitative estimate of drug-likeness (QED) is 0.590. The van der Waals surface area contributed by atoms with E-state index in [-0.39, 0.29) is 5.91 Å². The van der Waals surface area contributed by atoms with Crippen molar-refractivity contribution in [2.24, 2.45) is 5.73 Å². The molecule has 0 heterocycles. The van der Waals surface area contributed by atoms with Crippen molar-refractivity contribution in [2.45, 2.75) is 46.5 Å². The van der Waals surface area contributed by atoms with Crippen molar-refractivity contribution in [3.8, 4) is 0 Å². The summed E-state index contributed by atoms with van der Waals surface area (Å²) in [5.74, 6) is 0.137. The second-order valence-corrected chi connectivity index (χ2v) is 2.55. The minimum absolute atomic E-state index is 0.137. The molecular weight excluding hydrogens is 192 g/mol. The predicted molar refractivity (Wildman–Crippen MR) is 65.7 cm³/mol. The Morgan fingerprint density at radius 1 is 1.20 bits per heavy atom. The van der Waals surface area contributed by atoms with Crippen LogP contribution in [0.15, 0.2) is 0 Å². The Morgan fingerprint density at radius 3 is 2.13 bits per heavy atom. The molecule has 15 heavy (non-hydrogen) atoms. The van der Waals surface area contributed by atoms with Gasteiger partial charge in [-0.3, -0.25) is 4.79 Å². The van der Waals surface area contributed by atoms with E-state index in [0.717, 1.165) is 39.5 Å². The number of nitrogens with one attached hydrogen (secondary N) is 1. The van der Waals surface area contributed by atoms with Gasteiger partial charge >= 0.3 is 0 Å². The molecule has 4 nitrogen and oxygen atoms in total. The van der Waals surface area contributed by atoms with Crippen LogP contribution in [0, 0.1) is 0 Å². The fourth-order valence-corrected chi connectivity index (χ4v) is 0.799. The molecule has 0 aliphatic rings. The molecule has 0 aliphatic carbocycles. The zero-order chi connectivity index (χ0) is 12.5. The van der Waals surface area contributed by atoms with Crippen molar-refractivity contribution in [2.75, 3.05) is 20.2 Å². The van der Waals surface area contributed by atoms with Crippen LogP contribution in [0.2, 0.25) is 0 Å². The van der Waals surface area contributed by atoms with Crippen LogP contribution in [0.3, 0.4) is 0 Å². The first-order valence-electron chi connectivity index (χ1n) is 5.72. The second-order valence-electron chi connectivity index (χ2n) is 2.55. The molecule has 0 saturated carbocycles. The summed E-state index contributed by atoms with van der Waals surface area (Å²) < 4.78 is 0. The monoisotopic (exact) mass is 220 g/mol. The highest BCUT2D eigenvalue weighted by Gasteiger charge is 1.93. The van der Waals surface area contributed by atoms with Crippen LogP contribution in [0.25, 0.3) is 0 Å². The van der Waals surface area contributed by atoms with E-state index in [1.807, 2.05) is 20.8 Å². The van der Waals surface area contributed by atoms with E-state index < -0.39 is 0 Å². The van der Waals surface area contributed by atoms with E-state index in [0.29, 0.717) is 6.42 Å². The first-order valence-corrected chi connectivity index (χ1v) is 5.72. The van der Waals surface area contributed by atoms with E-state index in [1.165, 1.54) is 0 Å². The lowest BCUT2D eigenvalue weighted by Crippen LogP contribution is -2.23. The van der Waals surface area contributed by atoms with E-state index in [2.05, 4.69) is 5.32 Å². The highest BCUT2D eigenvalue weighted by Crippen LogP contribution is 1.90. The summed E-state index contributed by atoms with van der Waals surface area (Å²) in [5, 5.41) is 9.81. The fraction of sp³-hybridized carbons (Fsp3) is 0.909. The maximum absolute atomic E-state index is 10.7. The number of aliphatic hydroxyl groups excluding tert-OH is 1. The zero-order valence-corrected chi connectivity index (χ0v) is 10.7. The average Bonchev–Trinajstić information content (AvgIpc) is 2.33. The van der Waals surface area contributed by atoms with Crippen LogP contribution in [0.5, 0.6) is 0 Å². The molecule has 0 aromatic rings. The van der Waals surface area contributed by atoms with Gasteiger partial charge in [0.25, 0.3) is 0 Å². The third-order valence-corrected chi connectivity index (χ3v) is 1.52. The van der Waals surface area contributed by atoms with Crippen LogP contribution in [-0.4, -0.2) is 31.2 Å². The van der Waals surface area contributed by atoms with E-state index in [1.54, 1.807) is 0 Å². The van der Waals surface area contributed by atoms with Gasteiger partial charge in [-0.15, -0.1) is 0 Å².